The van der Waals surface area contributed by atoms with Crippen molar-refractivity contribution in [2.75, 3.05) is 19.8 Å². The Labute approximate surface area is 238 Å². The fraction of sp³-hybridized carbons (Fsp3) is 0.571. The van der Waals surface area contributed by atoms with Crippen LogP contribution in [0.25, 0.3) is 0 Å². The van der Waals surface area contributed by atoms with Gasteiger partial charge in [0.1, 0.15) is 11.5 Å². The highest BCUT2D eigenvalue weighted by molar-refractivity contribution is 5.83. The molecule has 2 atom stereocenters. The van der Waals surface area contributed by atoms with Gasteiger partial charge in [-0.2, -0.15) is 0 Å². The van der Waals surface area contributed by atoms with Crippen LogP contribution >= 0.6 is 0 Å². The van der Waals surface area contributed by atoms with E-state index in [0.717, 1.165) is 24.0 Å². The van der Waals surface area contributed by atoms with Crippen molar-refractivity contribution in [1.82, 2.24) is 0 Å². The quantitative estimate of drug-likeness (QED) is 0.0688. The SMILES string of the molecule is C=C(C)[C@@H]1CCC(C)=C[C@H]1c1c(O)cc(C(C)(C)C(=O)OCCCCO[N+](=O)[O-])cc1OC(=O)CCCO[N+](=O)[O-]. The average molecular weight is 579 g/mol. The number of rotatable bonds is 16. The first-order valence-corrected chi connectivity index (χ1v) is 13.4. The molecule has 1 aliphatic carbocycles. The molecule has 0 spiro atoms. The van der Waals surface area contributed by atoms with Crippen molar-refractivity contribution in [2.45, 2.75) is 77.6 Å². The van der Waals surface area contributed by atoms with Gasteiger partial charge >= 0.3 is 11.9 Å². The standard InChI is InChI=1S/C28H38N2O11/c1-18(2)21-11-10-19(3)15-22(21)26-23(31)16-20(17-24(26)41-25(32)9-8-14-40-30(36)37)28(4,5)27(33)38-12-6-7-13-39-29(34)35/h15-17,21-22,31H,1,6-14H2,2-5H3/t21-,22+/m0/s1. The Bertz CT molecular complexity index is 1180. The van der Waals surface area contributed by atoms with E-state index in [1.807, 2.05) is 19.9 Å². The van der Waals surface area contributed by atoms with Crippen LogP contribution in [-0.2, 0) is 29.4 Å². The van der Waals surface area contributed by atoms with Crippen LogP contribution in [0, 0.1) is 26.1 Å². The summed E-state index contributed by atoms with van der Waals surface area (Å²) in [6.07, 6.45) is 4.19. The van der Waals surface area contributed by atoms with E-state index in [-0.39, 0.29) is 56.0 Å². The number of esters is 2. The van der Waals surface area contributed by atoms with Crippen molar-refractivity contribution in [3.8, 4) is 11.5 Å². The second kappa shape index (κ2) is 15.0. The van der Waals surface area contributed by atoms with Gasteiger partial charge in [-0.05, 0) is 83.4 Å². The number of ether oxygens (including phenoxy) is 2. The topological polar surface area (TPSA) is 178 Å². The fourth-order valence-electron chi connectivity index (χ4n) is 4.63. The van der Waals surface area contributed by atoms with Crippen molar-refractivity contribution in [2.24, 2.45) is 5.92 Å². The number of unbranched alkanes of at least 4 members (excludes halogenated alkanes) is 1. The molecule has 0 amide bonds. The minimum Gasteiger partial charge on any atom is -0.507 e. The molecule has 1 aliphatic rings. The Morgan fingerprint density at radius 1 is 1.07 bits per heavy atom. The van der Waals surface area contributed by atoms with E-state index in [1.165, 1.54) is 12.1 Å². The highest BCUT2D eigenvalue weighted by atomic mass is 17.0. The smallest absolute Gasteiger partial charge is 0.315 e. The normalized spacial score (nSPS) is 16.7. The minimum atomic E-state index is -1.26. The van der Waals surface area contributed by atoms with Gasteiger partial charge in [0.2, 0.25) is 0 Å². The first kappa shape index (κ1) is 33.0. The molecule has 0 saturated carbocycles. The van der Waals surface area contributed by atoms with Gasteiger partial charge < -0.3 is 24.3 Å². The molecule has 13 nitrogen and oxygen atoms in total. The summed E-state index contributed by atoms with van der Waals surface area (Å²) in [6, 6.07) is 2.98. The molecule has 0 bridgehead atoms. The molecule has 226 valence electrons. The Kier molecular flexibility index (Phi) is 12.1. The van der Waals surface area contributed by atoms with Crippen LogP contribution in [0.2, 0.25) is 0 Å². The average Bonchev–Trinajstić information content (AvgIpc) is 2.87. The summed E-state index contributed by atoms with van der Waals surface area (Å²) in [5.41, 5.74) is 1.47. The van der Waals surface area contributed by atoms with Gasteiger partial charge in [0, 0.05) is 17.9 Å². The van der Waals surface area contributed by atoms with Crippen LogP contribution in [0.3, 0.4) is 0 Å². The molecule has 2 rings (SSSR count). The molecule has 0 radical (unpaired) electrons. The number of benzene rings is 1. The lowest BCUT2D eigenvalue weighted by atomic mass is 9.73. The Balaban J connectivity index is 2.36. The molecule has 13 heteroatoms. The van der Waals surface area contributed by atoms with Crippen molar-refractivity contribution in [3.05, 3.63) is 67.3 Å². The maximum atomic E-state index is 13.0. The van der Waals surface area contributed by atoms with Crippen LogP contribution < -0.4 is 4.74 Å². The number of carbonyl (C=O) groups is 2. The Hall–Kier alpha value is -4.16. The summed E-state index contributed by atoms with van der Waals surface area (Å²) in [7, 11) is 0. The van der Waals surface area contributed by atoms with Crippen molar-refractivity contribution >= 4 is 11.9 Å². The number of phenols is 1. The second-order valence-corrected chi connectivity index (χ2v) is 10.6. The number of aromatic hydroxyl groups is 1. The molecule has 0 aromatic heterocycles. The minimum absolute atomic E-state index is 0.00784. The van der Waals surface area contributed by atoms with Crippen LogP contribution in [0.4, 0.5) is 0 Å². The third kappa shape index (κ3) is 9.76. The van der Waals surface area contributed by atoms with Gasteiger partial charge in [0.15, 0.2) is 0 Å². The monoisotopic (exact) mass is 578 g/mol. The van der Waals surface area contributed by atoms with Crippen LogP contribution in [0.5, 0.6) is 11.5 Å². The summed E-state index contributed by atoms with van der Waals surface area (Å²) < 4.78 is 11.1. The van der Waals surface area contributed by atoms with E-state index < -0.39 is 27.5 Å². The van der Waals surface area contributed by atoms with Gasteiger partial charge in [0.05, 0.1) is 25.2 Å². The predicted molar refractivity (Wildman–Crippen MR) is 146 cm³/mol. The second-order valence-electron chi connectivity index (χ2n) is 10.6. The molecule has 0 fully saturated rings. The lowest BCUT2D eigenvalue weighted by Gasteiger charge is -2.33. The van der Waals surface area contributed by atoms with E-state index in [4.69, 9.17) is 9.47 Å². The zero-order valence-corrected chi connectivity index (χ0v) is 23.9. The first-order valence-electron chi connectivity index (χ1n) is 13.4. The predicted octanol–water partition coefficient (Wildman–Crippen LogP) is 5.11. The molecule has 1 N–H and O–H groups in total. The zero-order valence-electron chi connectivity index (χ0n) is 23.9. The number of allylic oxidation sites excluding steroid dienone is 3. The van der Waals surface area contributed by atoms with Gasteiger partial charge in [-0.15, -0.1) is 20.2 Å². The van der Waals surface area contributed by atoms with Gasteiger partial charge in [0.25, 0.3) is 10.2 Å². The van der Waals surface area contributed by atoms with Gasteiger partial charge in [-0.1, -0.05) is 23.8 Å². The third-order valence-electron chi connectivity index (χ3n) is 6.98. The zero-order chi connectivity index (χ0) is 30.7. The summed E-state index contributed by atoms with van der Waals surface area (Å²) in [5, 5.41) is 30.1. The number of carbonyl (C=O) groups excluding carboxylic acids is 2. The van der Waals surface area contributed by atoms with Gasteiger partial charge in [-0.25, -0.2) is 0 Å². The molecule has 1 aromatic carbocycles. The molecule has 41 heavy (non-hydrogen) atoms. The van der Waals surface area contributed by atoms with E-state index >= 15 is 0 Å². The molecule has 0 unspecified atom stereocenters. The van der Waals surface area contributed by atoms with Crippen LogP contribution in [0.15, 0.2) is 35.9 Å². The van der Waals surface area contributed by atoms with Crippen LogP contribution in [0.1, 0.15) is 83.3 Å². The van der Waals surface area contributed by atoms with Crippen molar-refractivity contribution < 1.29 is 44.0 Å². The summed E-state index contributed by atoms with van der Waals surface area (Å²) >= 11 is 0. The number of phenolic OH excluding ortho intramolecular Hbond substituents is 1. The van der Waals surface area contributed by atoms with E-state index in [2.05, 4.69) is 16.3 Å². The lowest BCUT2D eigenvalue weighted by molar-refractivity contribution is -0.757. The number of hydrogen-bond acceptors (Lipinski definition) is 11. The van der Waals surface area contributed by atoms with Crippen molar-refractivity contribution in [1.29, 1.82) is 0 Å². The number of hydrogen-bond donors (Lipinski definition) is 1. The van der Waals surface area contributed by atoms with E-state index in [0.29, 0.717) is 24.0 Å². The Morgan fingerprint density at radius 2 is 1.68 bits per heavy atom. The lowest BCUT2D eigenvalue weighted by Crippen LogP contribution is -2.31. The number of nitrogens with zero attached hydrogens (tertiary/aromatic N) is 2. The van der Waals surface area contributed by atoms with E-state index in [9.17, 15) is 34.9 Å². The van der Waals surface area contributed by atoms with Crippen LogP contribution in [-0.4, -0.2) is 47.0 Å². The maximum absolute atomic E-state index is 13.0. The molecular formula is C28H38N2O11. The maximum Gasteiger partial charge on any atom is 0.315 e. The molecule has 0 heterocycles. The molecule has 0 aliphatic heterocycles. The Morgan fingerprint density at radius 3 is 2.29 bits per heavy atom. The van der Waals surface area contributed by atoms with Crippen molar-refractivity contribution in [3.63, 3.8) is 0 Å². The molecule has 1 aromatic rings. The molecular weight excluding hydrogens is 540 g/mol. The first-order chi connectivity index (χ1) is 19.2. The fourth-order valence-corrected chi connectivity index (χ4v) is 4.63. The highest BCUT2D eigenvalue weighted by Gasteiger charge is 2.36. The van der Waals surface area contributed by atoms with Gasteiger partial charge in [-0.3, -0.25) is 9.59 Å². The molecule has 0 saturated heterocycles. The largest absolute Gasteiger partial charge is 0.507 e. The summed E-state index contributed by atoms with van der Waals surface area (Å²) in [5.74, 6) is -1.76. The summed E-state index contributed by atoms with van der Waals surface area (Å²) in [6.45, 7) is 10.8. The highest BCUT2D eigenvalue weighted by Crippen LogP contribution is 2.48. The third-order valence-corrected chi connectivity index (χ3v) is 6.98. The van der Waals surface area contributed by atoms with E-state index in [1.54, 1.807) is 13.8 Å². The summed E-state index contributed by atoms with van der Waals surface area (Å²) in [4.78, 5) is 54.9.